The van der Waals surface area contributed by atoms with Crippen LogP contribution in [0.4, 0.5) is 0 Å². The number of nitrogens with zero attached hydrogens (tertiary/aromatic N) is 5. The van der Waals surface area contributed by atoms with Crippen molar-refractivity contribution in [3.05, 3.63) is 47.6 Å². The molecule has 0 unspecified atom stereocenters. The zero-order chi connectivity index (χ0) is 21.6. The lowest BCUT2D eigenvalue weighted by Crippen LogP contribution is -2.40. The number of hydrogen-bond acceptors (Lipinski definition) is 8. The maximum atomic E-state index is 6.39. The lowest BCUT2D eigenvalue weighted by Gasteiger charge is -2.27. The number of hydroxylamine groups is 2. The van der Waals surface area contributed by atoms with Gasteiger partial charge >= 0.3 is 0 Å². The third-order valence-electron chi connectivity index (χ3n) is 5.65. The average Bonchev–Trinajstić information content (AvgIpc) is 3.45. The highest BCUT2D eigenvalue weighted by Gasteiger charge is 2.46. The van der Waals surface area contributed by atoms with Gasteiger partial charge in [-0.15, -0.1) is 0 Å². The molecular weight excluding hydrogens is 422 g/mol. The second kappa shape index (κ2) is 7.99. The molecule has 0 N–H and O–H groups in total. The van der Waals surface area contributed by atoms with Crippen molar-refractivity contribution in [1.82, 2.24) is 24.6 Å². The molecule has 1 aromatic carbocycles. The fourth-order valence-electron chi connectivity index (χ4n) is 4.11. The zero-order valence-corrected chi connectivity index (χ0v) is 18.3. The normalized spacial score (nSPS) is 26.0. The van der Waals surface area contributed by atoms with Gasteiger partial charge in [-0.25, -0.2) is 15.0 Å². The Morgan fingerprint density at radius 1 is 1.19 bits per heavy atom. The van der Waals surface area contributed by atoms with Crippen LogP contribution < -0.4 is 4.74 Å². The summed E-state index contributed by atoms with van der Waals surface area (Å²) in [6.07, 6.45) is 3.39. The third kappa shape index (κ3) is 3.99. The Labute approximate surface area is 184 Å². The smallest absolute Gasteiger partial charge is 0.166 e. The van der Waals surface area contributed by atoms with Crippen LogP contribution in [-0.4, -0.2) is 56.2 Å². The summed E-state index contributed by atoms with van der Waals surface area (Å²) in [6, 6.07) is 7.94. The molecule has 31 heavy (non-hydrogen) atoms. The number of fused-ring (bicyclic) bond motifs is 1. The van der Waals surface area contributed by atoms with E-state index in [9.17, 15) is 0 Å². The lowest BCUT2D eigenvalue weighted by molar-refractivity contribution is -0.208. The van der Waals surface area contributed by atoms with E-state index in [1.54, 1.807) is 13.4 Å². The standard InChI is InChI=1S/C21H24ClN5O4/c1-21(2)29-10-16(30-21)15-8-17(26-12-25-18-19(22)23-11-24-20(18)26)31-27(15)9-13-4-6-14(28-3)7-5-13/h4-7,11-12,15-17H,8-10H2,1-3H3/t15-,16+,17+/m1/s1. The first-order valence-electron chi connectivity index (χ1n) is 10.1. The Balaban J connectivity index is 1.43. The van der Waals surface area contributed by atoms with E-state index in [1.165, 1.54) is 6.33 Å². The summed E-state index contributed by atoms with van der Waals surface area (Å²) in [5.74, 6) is 0.202. The number of methoxy groups -OCH3 is 1. The predicted octanol–water partition coefficient (Wildman–Crippen LogP) is 3.34. The minimum Gasteiger partial charge on any atom is -0.497 e. The molecule has 0 radical (unpaired) electrons. The van der Waals surface area contributed by atoms with Crippen LogP contribution in [0.15, 0.2) is 36.9 Å². The number of ether oxygens (including phenoxy) is 3. The number of imidazole rings is 1. The highest BCUT2D eigenvalue weighted by atomic mass is 35.5. The van der Waals surface area contributed by atoms with Crippen LogP contribution in [0.5, 0.6) is 5.75 Å². The third-order valence-corrected chi connectivity index (χ3v) is 5.93. The Morgan fingerprint density at radius 2 is 2.00 bits per heavy atom. The quantitative estimate of drug-likeness (QED) is 0.553. The first-order valence-corrected chi connectivity index (χ1v) is 10.5. The summed E-state index contributed by atoms with van der Waals surface area (Å²) in [5, 5.41) is 2.29. The van der Waals surface area contributed by atoms with Crippen molar-refractivity contribution in [3.63, 3.8) is 0 Å². The molecule has 0 aliphatic carbocycles. The van der Waals surface area contributed by atoms with E-state index in [-0.39, 0.29) is 18.4 Å². The first kappa shape index (κ1) is 20.6. The summed E-state index contributed by atoms with van der Waals surface area (Å²) in [6.45, 7) is 4.95. The number of benzene rings is 1. The van der Waals surface area contributed by atoms with Gasteiger partial charge in [-0.2, -0.15) is 5.06 Å². The minimum absolute atomic E-state index is 0.0105. The van der Waals surface area contributed by atoms with E-state index in [2.05, 4.69) is 15.0 Å². The van der Waals surface area contributed by atoms with Crippen molar-refractivity contribution in [2.75, 3.05) is 13.7 Å². The summed E-state index contributed by atoms with van der Waals surface area (Å²) >= 11 is 6.18. The molecule has 2 aromatic heterocycles. The molecule has 5 rings (SSSR count). The van der Waals surface area contributed by atoms with Gasteiger partial charge in [0, 0.05) is 13.0 Å². The molecule has 9 nitrogen and oxygen atoms in total. The van der Waals surface area contributed by atoms with Gasteiger partial charge in [0.1, 0.15) is 23.7 Å². The monoisotopic (exact) mass is 445 g/mol. The lowest BCUT2D eigenvalue weighted by atomic mass is 10.1. The van der Waals surface area contributed by atoms with Crippen molar-refractivity contribution < 1.29 is 19.0 Å². The Morgan fingerprint density at radius 3 is 2.71 bits per heavy atom. The Bertz CT molecular complexity index is 1070. The second-order valence-corrected chi connectivity index (χ2v) is 8.50. The number of hydrogen-bond donors (Lipinski definition) is 0. The van der Waals surface area contributed by atoms with Gasteiger partial charge < -0.3 is 14.2 Å². The average molecular weight is 446 g/mol. The Kier molecular flexibility index (Phi) is 5.31. The van der Waals surface area contributed by atoms with Gasteiger partial charge in [0.15, 0.2) is 22.8 Å². The zero-order valence-electron chi connectivity index (χ0n) is 17.6. The molecule has 164 valence electrons. The van der Waals surface area contributed by atoms with Crippen LogP contribution in [0.25, 0.3) is 11.2 Å². The number of rotatable bonds is 5. The number of halogens is 1. The van der Waals surface area contributed by atoms with E-state index >= 15 is 0 Å². The molecule has 4 heterocycles. The maximum absolute atomic E-state index is 6.39. The molecule has 3 atom stereocenters. The SMILES string of the molecule is COc1ccc(CN2O[C@H](n3cnc4c(Cl)ncnc43)C[C@@H]2[C@@H]2COC(C)(C)O2)cc1. The van der Waals surface area contributed by atoms with Gasteiger partial charge in [-0.05, 0) is 31.5 Å². The molecule has 0 amide bonds. The van der Waals surface area contributed by atoms with Crippen molar-refractivity contribution in [1.29, 1.82) is 0 Å². The van der Waals surface area contributed by atoms with Crippen molar-refractivity contribution in [3.8, 4) is 5.75 Å². The summed E-state index contributed by atoms with van der Waals surface area (Å²) in [7, 11) is 1.66. The summed E-state index contributed by atoms with van der Waals surface area (Å²) in [4.78, 5) is 19.1. The molecule has 0 bridgehead atoms. The molecule has 0 spiro atoms. The molecular formula is C21H24ClN5O4. The summed E-state index contributed by atoms with van der Waals surface area (Å²) < 4.78 is 19.2. The van der Waals surface area contributed by atoms with Gasteiger partial charge in [-0.3, -0.25) is 9.40 Å². The molecule has 2 aliphatic heterocycles. The predicted molar refractivity (Wildman–Crippen MR) is 112 cm³/mol. The highest BCUT2D eigenvalue weighted by Crippen LogP contribution is 2.38. The molecule has 2 fully saturated rings. The van der Waals surface area contributed by atoms with Crippen molar-refractivity contribution in [2.24, 2.45) is 0 Å². The van der Waals surface area contributed by atoms with Crippen LogP contribution in [0.2, 0.25) is 5.15 Å². The van der Waals surface area contributed by atoms with E-state index in [0.717, 1.165) is 11.3 Å². The Hall–Kier alpha value is -2.30. The summed E-state index contributed by atoms with van der Waals surface area (Å²) in [5.41, 5.74) is 2.30. The van der Waals surface area contributed by atoms with Crippen LogP contribution in [0.1, 0.15) is 32.1 Å². The first-order chi connectivity index (χ1) is 14.9. The van der Waals surface area contributed by atoms with Crippen molar-refractivity contribution >= 4 is 22.8 Å². The molecule has 2 saturated heterocycles. The van der Waals surface area contributed by atoms with E-state index in [0.29, 0.717) is 35.9 Å². The van der Waals surface area contributed by atoms with Crippen LogP contribution in [-0.2, 0) is 20.9 Å². The highest BCUT2D eigenvalue weighted by molar-refractivity contribution is 6.33. The van der Waals surface area contributed by atoms with Gasteiger partial charge in [0.2, 0.25) is 0 Å². The minimum atomic E-state index is -0.614. The van der Waals surface area contributed by atoms with Gasteiger partial charge in [0.05, 0.1) is 26.1 Å². The van der Waals surface area contributed by atoms with Crippen molar-refractivity contribution in [2.45, 2.75) is 51.0 Å². The molecule has 0 saturated carbocycles. The fraction of sp³-hybridized carbons (Fsp3) is 0.476. The number of aromatic nitrogens is 4. The molecule has 10 heteroatoms. The molecule has 3 aromatic rings. The topological polar surface area (TPSA) is 83.8 Å². The fourth-order valence-corrected chi connectivity index (χ4v) is 4.28. The molecule has 2 aliphatic rings. The van der Waals surface area contributed by atoms with Crippen LogP contribution in [0.3, 0.4) is 0 Å². The van der Waals surface area contributed by atoms with Gasteiger partial charge in [-0.1, -0.05) is 23.7 Å². The largest absolute Gasteiger partial charge is 0.497 e. The second-order valence-electron chi connectivity index (χ2n) is 8.14. The van der Waals surface area contributed by atoms with E-state index in [4.69, 9.17) is 30.6 Å². The van der Waals surface area contributed by atoms with Gasteiger partial charge in [0.25, 0.3) is 0 Å². The van der Waals surface area contributed by atoms with E-state index < -0.39 is 5.79 Å². The van der Waals surface area contributed by atoms with E-state index in [1.807, 2.05) is 47.7 Å². The van der Waals surface area contributed by atoms with Crippen LogP contribution >= 0.6 is 11.6 Å². The van der Waals surface area contributed by atoms with Crippen LogP contribution in [0, 0.1) is 0 Å². The maximum Gasteiger partial charge on any atom is 0.166 e.